The van der Waals surface area contributed by atoms with Gasteiger partial charge in [0.05, 0.1) is 5.92 Å². The highest BCUT2D eigenvalue weighted by atomic mass is 16.4. The largest absolute Gasteiger partial charge is 0.481 e. The standard InChI is InChI=1S/C22H20O4/c1-22(10-8-13(9-11-22)21(25)26)14-6-7-17-18(12-14)20(24)16-5-3-2-4-15(16)19(17)23/h2-7,12-13H,8-11H2,1H3,(H,25,26). The lowest BCUT2D eigenvalue weighted by Gasteiger charge is -2.37. The molecule has 2 aromatic carbocycles. The number of fused-ring (bicyclic) bond motifs is 2. The molecule has 0 unspecified atom stereocenters. The minimum absolute atomic E-state index is 0.110. The molecule has 2 aliphatic carbocycles. The van der Waals surface area contributed by atoms with E-state index in [9.17, 15) is 19.5 Å². The second-order valence-electron chi connectivity index (χ2n) is 7.64. The van der Waals surface area contributed by atoms with Crippen molar-refractivity contribution in [1.82, 2.24) is 0 Å². The molecule has 1 N–H and O–H groups in total. The Labute approximate surface area is 151 Å². The smallest absolute Gasteiger partial charge is 0.306 e. The van der Waals surface area contributed by atoms with Crippen LogP contribution in [0.5, 0.6) is 0 Å². The van der Waals surface area contributed by atoms with E-state index in [2.05, 4.69) is 6.92 Å². The minimum Gasteiger partial charge on any atom is -0.481 e. The van der Waals surface area contributed by atoms with Gasteiger partial charge in [-0.15, -0.1) is 0 Å². The van der Waals surface area contributed by atoms with Crippen molar-refractivity contribution < 1.29 is 19.5 Å². The van der Waals surface area contributed by atoms with Crippen molar-refractivity contribution in [2.75, 3.05) is 0 Å². The quantitative estimate of drug-likeness (QED) is 0.760. The Bertz CT molecular complexity index is 933. The van der Waals surface area contributed by atoms with Crippen molar-refractivity contribution in [3.05, 3.63) is 70.3 Å². The van der Waals surface area contributed by atoms with E-state index in [-0.39, 0.29) is 22.9 Å². The highest BCUT2D eigenvalue weighted by Crippen LogP contribution is 2.42. The minimum atomic E-state index is -0.727. The van der Waals surface area contributed by atoms with Crippen molar-refractivity contribution in [2.45, 2.75) is 38.0 Å². The number of hydrogen-bond acceptors (Lipinski definition) is 3. The van der Waals surface area contributed by atoms with Gasteiger partial charge in [-0.3, -0.25) is 14.4 Å². The highest BCUT2D eigenvalue weighted by molar-refractivity contribution is 6.28. The average Bonchev–Trinajstić information content (AvgIpc) is 2.66. The van der Waals surface area contributed by atoms with Gasteiger partial charge in [0.2, 0.25) is 0 Å². The van der Waals surface area contributed by atoms with E-state index in [1.165, 1.54) is 0 Å². The summed E-state index contributed by atoms with van der Waals surface area (Å²) in [7, 11) is 0. The first-order chi connectivity index (χ1) is 12.4. The Kier molecular flexibility index (Phi) is 3.79. The fourth-order valence-electron chi connectivity index (χ4n) is 4.27. The summed E-state index contributed by atoms with van der Waals surface area (Å²) in [5.74, 6) is -1.23. The van der Waals surface area contributed by atoms with Crippen molar-refractivity contribution >= 4 is 17.5 Å². The molecule has 0 aliphatic heterocycles. The van der Waals surface area contributed by atoms with Crippen LogP contribution in [0.4, 0.5) is 0 Å². The molecule has 1 fully saturated rings. The van der Waals surface area contributed by atoms with Crippen LogP contribution in [0.15, 0.2) is 42.5 Å². The first kappa shape index (κ1) is 16.7. The zero-order valence-corrected chi connectivity index (χ0v) is 14.6. The molecular formula is C22H20O4. The molecule has 0 aromatic heterocycles. The molecule has 0 spiro atoms. The van der Waals surface area contributed by atoms with Crippen LogP contribution in [-0.2, 0) is 10.2 Å². The molecule has 0 bridgehead atoms. The van der Waals surface area contributed by atoms with E-state index in [1.807, 2.05) is 12.1 Å². The molecule has 0 atom stereocenters. The molecule has 4 rings (SSSR count). The SMILES string of the molecule is CC1(c2ccc3c(c2)C(=O)c2ccccc2C3=O)CCC(C(=O)O)CC1. The molecule has 4 nitrogen and oxygen atoms in total. The van der Waals surface area contributed by atoms with Gasteiger partial charge >= 0.3 is 5.97 Å². The monoisotopic (exact) mass is 348 g/mol. The van der Waals surface area contributed by atoms with E-state index < -0.39 is 5.97 Å². The molecule has 4 heteroatoms. The molecule has 2 aromatic rings. The summed E-state index contributed by atoms with van der Waals surface area (Å²) in [5, 5.41) is 9.21. The van der Waals surface area contributed by atoms with Gasteiger partial charge in [-0.25, -0.2) is 0 Å². The van der Waals surface area contributed by atoms with Crippen molar-refractivity contribution in [3.8, 4) is 0 Å². The van der Waals surface area contributed by atoms with Gasteiger partial charge in [0.25, 0.3) is 0 Å². The summed E-state index contributed by atoms with van der Waals surface area (Å²) in [6.07, 6.45) is 2.81. The maximum absolute atomic E-state index is 12.9. The number of benzene rings is 2. The van der Waals surface area contributed by atoms with Crippen LogP contribution in [-0.4, -0.2) is 22.6 Å². The molecule has 0 heterocycles. The number of rotatable bonds is 2. The number of carboxylic acid groups (broad SMARTS) is 1. The summed E-state index contributed by atoms with van der Waals surface area (Å²) in [4.78, 5) is 36.8. The average molecular weight is 348 g/mol. The molecule has 26 heavy (non-hydrogen) atoms. The van der Waals surface area contributed by atoms with Crippen LogP contribution in [0.3, 0.4) is 0 Å². The summed E-state index contributed by atoms with van der Waals surface area (Å²) in [6.45, 7) is 2.12. The predicted octanol–water partition coefficient (Wildman–Crippen LogP) is 3.99. The summed E-state index contributed by atoms with van der Waals surface area (Å²) >= 11 is 0. The number of ketones is 2. The Balaban J connectivity index is 1.71. The lowest BCUT2D eigenvalue weighted by molar-refractivity contribution is -0.143. The first-order valence-electron chi connectivity index (χ1n) is 8.96. The third-order valence-corrected chi connectivity index (χ3v) is 6.06. The summed E-state index contributed by atoms with van der Waals surface area (Å²) < 4.78 is 0. The van der Waals surface area contributed by atoms with Crippen LogP contribution in [0, 0.1) is 5.92 Å². The lowest BCUT2D eigenvalue weighted by Crippen LogP contribution is -2.32. The normalized spacial score (nSPS) is 24.7. The Morgan fingerprint density at radius 1 is 0.923 bits per heavy atom. The Morgan fingerprint density at radius 3 is 2.04 bits per heavy atom. The van der Waals surface area contributed by atoms with Gasteiger partial charge < -0.3 is 5.11 Å². The molecule has 1 saturated carbocycles. The van der Waals surface area contributed by atoms with E-state index in [4.69, 9.17) is 0 Å². The molecular weight excluding hydrogens is 328 g/mol. The molecule has 132 valence electrons. The van der Waals surface area contributed by atoms with Crippen LogP contribution in [0.25, 0.3) is 0 Å². The topological polar surface area (TPSA) is 71.4 Å². The van der Waals surface area contributed by atoms with Crippen molar-refractivity contribution in [2.24, 2.45) is 5.92 Å². The van der Waals surface area contributed by atoms with Crippen LogP contribution in [0.2, 0.25) is 0 Å². The molecule has 0 saturated heterocycles. The van der Waals surface area contributed by atoms with Crippen molar-refractivity contribution in [1.29, 1.82) is 0 Å². The predicted molar refractivity (Wildman–Crippen MR) is 96.7 cm³/mol. The second-order valence-corrected chi connectivity index (χ2v) is 7.64. The molecule has 0 radical (unpaired) electrons. The van der Waals surface area contributed by atoms with Crippen LogP contribution < -0.4 is 0 Å². The number of carboxylic acids is 1. The maximum atomic E-state index is 12.9. The van der Waals surface area contributed by atoms with E-state index >= 15 is 0 Å². The lowest BCUT2D eigenvalue weighted by atomic mass is 9.67. The number of aliphatic carboxylic acids is 1. The Hall–Kier alpha value is -2.75. The van der Waals surface area contributed by atoms with Gasteiger partial charge in [0, 0.05) is 22.3 Å². The van der Waals surface area contributed by atoms with E-state index in [0.717, 1.165) is 18.4 Å². The number of carbonyl (C=O) groups excluding carboxylic acids is 2. The zero-order chi connectivity index (χ0) is 18.5. The van der Waals surface area contributed by atoms with Gasteiger partial charge in [-0.1, -0.05) is 37.3 Å². The molecule has 2 aliphatic rings. The first-order valence-corrected chi connectivity index (χ1v) is 8.96. The number of carbonyl (C=O) groups is 3. The third-order valence-electron chi connectivity index (χ3n) is 6.06. The van der Waals surface area contributed by atoms with Gasteiger partial charge in [-0.05, 0) is 48.8 Å². The number of hydrogen-bond donors (Lipinski definition) is 1. The van der Waals surface area contributed by atoms with Crippen LogP contribution >= 0.6 is 0 Å². The highest BCUT2D eigenvalue weighted by Gasteiger charge is 2.37. The molecule has 0 amide bonds. The zero-order valence-electron chi connectivity index (χ0n) is 14.6. The fourth-order valence-corrected chi connectivity index (χ4v) is 4.27. The maximum Gasteiger partial charge on any atom is 0.306 e. The second kappa shape index (κ2) is 5.90. The van der Waals surface area contributed by atoms with Crippen LogP contribution in [0.1, 0.15) is 70.0 Å². The van der Waals surface area contributed by atoms with Gasteiger partial charge in [0.15, 0.2) is 11.6 Å². The van der Waals surface area contributed by atoms with Crippen molar-refractivity contribution in [3.63, 3.8) is 0 Å². The Morgan fingerprint density at radius 2 is 1.46 bits per heavy atom. The summed E-state index contributed by atoms with van der Waals surface area (Å²) in [5.41, 5.74) is 2.70. The van der Waals surface area contributed by atoms with E-state index in [1.54, 1.807) is 30.3 Å². The summed E-state index contributed by atoms with van der Waals surface area (Å²) in [6, 6.07) is 12.5. The third kappa shape index (κ3) is 2.48. The van der Waals surface area contributed by atoms with Gasteiger partial charge in [0.1, 0.15) is 0 Å². The van der Waals surface area contributed by atoms with Gasteiger partial charge in [-0.2, -0.15) is 0 Å². The fraction of sp³-hybridized carbons (Fsp3) is 0.318. The van der Waals surface area contributed by atoms with E-state index in [0.29, 0.717) is 35.1 Å².